The average molecular weight is 871 g/mol. The zero-order valence-corrected chi connectivity index (χ0v) is 30.3. The zero-order valence-electron chi connectivity index (χ0n) is 27.6. The molecule has 52 heavy (non-hydrogen) atoms. The summed E-state index contributed by atoms with van der Waals surface area (Å²) >= 11 is 0. The Hall–Kier alpha value is -2.85. The zero-order chi connectivity index (χ0) is 38.7. The Morgan fingerprint density at radius 2 is 1.21 bits per heavy atom. The van der Waals surface area contributed by atoms with E-state index in [1.54, 1.807) is 6.33 Å². The number of hydrogen-bond acceptors (Lipinski definition) is 8. The third-order valence-electron chi connectivity index (χ3n) is 6.34. The minimum atomic E-state index is -10.7. The Bertz CT molecular complexity index is 1410. The standard InChI is InChI=1S/C24H36N8.Cu.2F6P.NO3.H2O/c1-19-23(27-17-25-19)15-31-11-5-9-30(3)10-6-12-32(16-24-20(2)26-18-28-24)14-22-8-4-7-21(13-31)29-22;;2*1-7(2,3,4,5)6;2-1(3)4;/h4,7-8,17-18H,5-6,9-16H2,1-3H3,(H,25,27)(H,26,28);;;;;1H2/q;+2;3*-1;/p+1. The number of nitrogens with zero attached hydrogens (tertiary/aromatic N) is 6. The molecule has 0 aromatic carbocycles. The second kappa shape index (κ2) is 18.0. The number of fused-ring (bicyclic) bond motifs is 2. The van der Waals surface area contributed by atoms with Crippen molar-refractivity contribution in [3.63, 3.8) is 0 Å². The molecule has 309 valence electrons. The van der Waals surface area contributed by atoms with Crippen LogP contribution in [-0.2, 0) is 43.2 Å². The van der Waals surface area contributed by atoms with E-state index in [0.29, 0.717) is 0 Å². The quantitative estimate of drug-likeness (QED) is 0.0871. The molecule has 5 N–H and O–H groups in total. The summed E-state index contributed by atoms with van der Waals surface area (Å²) < 4.78 is 118. The van der Waals surface area contributed by atoms with Crippen LogP contribution in [0.3, 0.4) is 0 Å². The Morgan fingerprint density at radius 1 is 0.788 bits per heavy atom. The van der Waals surface area contributed by atoms with E-state index in [1.807, 2.05) is 6.33 Å². The van der Waals surface area contributed by atoms with Crippen LogP contribution in [-0.4, -0.2) is 78.4 Å². The fourth-order valence-electron chi connectivity index (χ4n) is 4.40. The van der Waals surface area contributed by atoms with Crippen LogP contribution in [0.4, 0.5) is 50.4 Å². The van der Waals surface area contributed by atoms with E-state index in [0.717, 1.165) is 88.0 Å². The number of pyridine rings is 1. The van der Waals surface area contributed by atoms with Gasteiger partial charge in [-0.15, -0.1) is 0 Å². The van der Waals surface area contributed by atoms with Crippen LogP contribution >= 0.6 is 15.6 Å². The summed E-state index contributed by atoms with van der Waals surface area (Å²) in [5.41, 5.74) is 6.99. The first-order chi connectivity index (χ1) is 22.2. The van der Waals surface area contributed by atoms with Crippen molar-refractivity contribution in [2.75, 3.05) is 33.2 Å². The van der Waals surface area contributed by atoms with E-state index in [1.165, 1.54) is 11.4 Å². The molecule has 2 bridgehead atoms. The van der Waals surface area contributed by atoms with Gasteiger partial charge in [-0.3, -0.25) is 14.8 Å². The van der Waals surface area contributed by atoms with Gasteiger partial charge in [0.2, 0.25) is 6.33 Å². The van der Waals surface area contributed by atoms with Crippen molar-refractivity contribution in [2.24, 2.45) is 0 Å². The average Bonchev–Trinajstić information content (AvgIpc) is 3.46. The summed E-state index contributed by atoms with van der Waals surface area (Å²) in [5.74, 6) is 0. The third-order valence-corrected chi connectivity index (χ3v) is 6.34. The number of aryl methyl sites for hydroxylation is 2. The normalized spacial score (nSPS) is 17.8. The number of aromatic nitrogens is 5. The molecule has 0 saturated heterocycles. The van der Waals surface area contributed by atoms with Crippen LogP contribution in [0.25, 0.3) is 0 Å². The van der Waals surface area contributed by atoms with E-state index in [9.17, 15) is 50.4 Å². The third kappa shape index (κ3) is 33.0. The molecule has 1 aliphatic heterocycles. The monoisotopic (exact) mass is 870 g/mol. The fourth-order valence-corrected chi connectivity index (χ4v) is 4.40. The molecule has 0 atom stereocenters. The molecular formula is C24H39CuF12N9O4P2. The second-order valence-electron chi connectivity index (χ2n) is 11.2. The van der Waals surface area contributed by atoms with Gasteiger partial charge in [0.25, 0.3) is 0 Å². The molecule has 13 nitrogen and oxygen atoms in total. The number of imidazole rings is 2. The number of halogens is 12. The van der Waals surface area contributed by atoms with Crippen LogP contribution in [0.1, 0.15) is 47.0 Å². The molecule has 0 saturated carbocycles. The molecule has 0 spiro atoms. The largest absolute Gasteiger partial charge is 2.00 e. The van der Waals surface area contributed by atoms with Crippen LogP contribution in [0.5, 0.6) is 0 Å². The molecule has 0 aliphatic carbocycles. The van der Waals surface area contributed by atoms with E-state index in [4.69, 9.17) is 20.3 Å². The summed E-state index contributed by atoms with van der Waals surface area (Å²) in [7, 11) is -19.1. The minimum absolute atomic E-state index is 0. The predicted molar refractivity (Wildman–Crippen MR) is 166 cm³/mol. The predicted octanol–water partition coefficient (Wildman–Crippen LogP) is 7.99. The van der Waals surface area contributed by atoms with Crippen molar-refractivity contribution in [2.45, 2.75) is 52.9 Å². The van der Waals surface area contributed by atoms with Gasteiger partial charge in [0.05, 0.1) is 35.0 Å². The fraction of sp³-hybridized carbons (Fsp3) is 0.542. The van der Waals surface area contributed by atoms with Crippen molar-refractivity contribution < 1.29 is 83.0 Å². The van der Waals surface area contributed by atoms with Gasteiger partial charge in [0, 0.05) is 45.3 Å². The maximum atomic E-state index is 9.87. The second-order valence-corrected chi connectivity index (χ2v) is 15.0. The number of rotatable bonds is 4. The van der Waals surface area contributed by atoms with Gasteiger partial charge in [0.15, 0.2) is 5.69 Å². The van der Waals surface area contributed by atoms with Gasteiger partial charge in [-0.2, -0.15) is 0 Å². The first-order valence-electron chi connectivity index (χ1n) is 14.3. The molecule has 4 heterocycles. The van der Waals surface area contributed by atoms with Crippen LogP contribution in [0.15, 0.2) is 30.9 Å². The molecule has 1 radical (unpaired) electrons. The first kappa shape index (κ1) is 51.3. The Morgan fingerprint density at radius 3 is 1.58 bits per heavy atom. The summed E-state index contributed by atoms with van der Waals surface area (Å²) in [6.45, 7) is 12.0. The summed E-state index contributed by atoms with van der Waals surface area (Å²) in [4.78, 5) is 35.1. The number of hydrogen-bond donors (Lipinski definition) is 2. The van der Waals surface area contributed by atoms with Gasteiger partial charge in [-0.05, 0) is 52.0 Å². The van der Waals surface area contributed by atoms with E-state index >= 15 is 0 Å². The van der Waals surface area contributed by atoms with Gasteiger partial charge >= 0.3 is 83.0 Å². The topological polar surface area (TPSA) is 179 Å². The van der Waals surface area contributed by atoms with E-state index in [2.05, 4.69) is 73.7 Å². The maximum absolute atomic E-state index is 10.7. The van der Waals surface area contributed by atoms with Crippen molar-refractivity contribution >= 4 is 15.6 Å². The molecule has 28 heteroatoms. The molecule has 1 aliphatic rings. The molecule has 3 aromatic rings. The van der Waals surface area contributed by atoms with Crippen molar-refractivity contribution in [1.29, 1.82) is 0 Å². The minimum Gasteiger partial charge on any atom is -0.412 e. The van der Waals surface area contributed by atoms with E-state index < -0.39 is 20.7 Å². The van der Waals surface area contributed by atoms with Gasteiger partial charge < -0.3 is 30.7 Å². The van der Waals surface area contributed by atoms with Crippen LogP contribution in [0, 0.1) is 29.2 Å². The molecule has 0 unspecified atom stereocenters. The Kier molecular flexibility index (Phi) is 17.7. The SMILES string of the molecule is Cc1[nH]cnc1CN1CCCN(C)CCCN(Cc2[nH+]c[nH]c2C)Cc2cccc(n2)C1.F[P-](F)(F)(F)(F)F.F[P-](F)(F)(F)(F)F.O.O=[N+]([O-])[O-].[Cu+2]. The number of aromatic amines is 3. The summed E-state index contributed by atoms with van der Waals surface area (Å²) in [6, 6.07) is 6.46. The van der Waals surface area contributed by atoms with Gasteiger partial charge in [0.1, 0.15) is 5.69 Å². The molecular weight excluding hydrogens is 832 g/mol. The maximum Gasteiger partial charge on any atom is 2.00 e. The van der Waals surface area contributed by atoms with Crippen molar-refractivity contribution in [3.8, 4) is 0 Å². The molecule has 4 rings (SSSR count). The number of nitrogens with one attached hydrogen (secondary N) is 3. The molecule has 3 aromatic heterocycles. The van der Waals surface area contributed by atoms with Crippen molar-refractivity contribution in [3.05, 3.63) is 80.3 Å². The Labute approximate surface area is 299 Å². The summed E-state index contributed by atoms with van der Waals surface area (Å²) in [5, 5.41) is 14.8. The van der Waals surface area contributed by atoms with Crippen molar-refractivity contribution in [1.82, 2.24) is 34.6 Å². The van der Waals surface area contributed by atoms with Gasteiger partial charge in [-0.1, -0.05) is 6.07 Å². The molecule has 0 fully saturated rings. The first-order valence-corrected chi connectivity index (χ1v) is 18.3. The smallest absolute Gasteiger partial charge is 0.412 e. The Balaban J connectivity index is 0. The van der Waals surface area contributed by atoms with Gasteiger partial charge in [-0.25, -0.2) is 15.0 Å². The van der Waals surface area contributed by atoms with Crippen LogP contribution < -0.4 is 4.98 Å². The van der Waals surface area contributed by atoms with Crippen LogP contribution in [0.2, 0.25) is 0 Å². The number of H-pyrrole nitrogens is 3. The molecule has 0 amide bonds. The van der Waals surface area contributed by atoms with E-state index in [-0.39, 0.29) is 22.5 Å². The summed E-state index contributed by atoms with van der Waals surface area (Å²) in [6.07, 6.45) is 5.99.